The summed E-state index contributed by atoms with van der Waals surface area (Å²) in [5.41, 5.74) is 1.00. The number of thioether (sulfide) groups is 1. The van der Waals surface area contributed by atoms with Crippen LogP contribution in [0.5, 0.6) is 0 Å². The fourth-order valence-corrected chi connectivity index (χ4v) is 2.92. The molecule has 1 heterocycles. The Hall–Kier alpha value is -1.60. The van der Waals surface area contributed by atoms with E-state index in [1.807, 2.05) is 30.3 Å². The molecule has 106 valence electrons. The first kappa shape index (κ1) is 14.8. The molecule has 0 saturated carbocycles. The van der Waals surface area contributed by atoms with Crippen LogP contribution in [-0.2, 0) is 16.1 Å². The van der Waals surface area contributed by atoms with E-state index >= 15 is 0 Å². The van der Waals surface area contributed by atoms with E-state index < -0.39 is 12.0 Å². The van der Waals surface area contributed by atoms with E-state index in [1.54, 1.807) is 0 Å². The van der Waals surface area contributed by atoms with Crippen LogP contribution in [0.15, 0.2) is 30.3 Å². The third kappa shape index (κ3) is 3.71. The highest BCUT2D eigenvalue weighted by Crippen LogP contribution is 2.15. The van der Waals surface area contributed by atoms with E-state index in [1.165, 1.54) is 16.7 Å². The summed E-state index contributed by atoms with van der Waals surface area (Å²) in [5.74, 6) is -0.603. The fourth-order valence-electron chi connectivity index (χ4n) is 1.87. The number of carboxylic acid groups (broad SMARTS) is 1. The van der Waals surface area contributed by atoms with Gasteiger partial charge in [0.15, 0.2) is 5.11 Å². The number of hydrogen-bond donors (Lipinski definition) is 2. The topological polar surface area (TPSA) is 69.6 Å². The molecule has 0 radical (unpaired) electrons. The molecule has 1 aliphatic rings. The van der Waals surface area contributed by atoms with E-state index in [-0.39, 0.29) is 11.7 Å². The number of carboxylic acids is 1. The number of carbonyl (C=O) groups excluding carboxylic acids is 1. The number of nitrogens with one attached hydrogen (secondary N) is 1. The standard InChI is InChI=1S/C13H14N2O3S2/c16-11(17)8-20-7-10-12(18)15(13(19)14-10)6-9-4-2-1-3-5-9/h1-5,10H,6-8H2,(H,14,19)(H,16,17)/t10-/m0/s1. The van der Waals surface area contributed by atoms with Crippen molar-refractivity contribution >= 4 is 41.0 Å². The molecule has 1 fully saturated rings. The molecular weight excluding hydrogens is 296 g/mol. The van der Waals surface area contributed by atoms with Crippen molar-refractivity contribution in [1.29, 1.82) is 0 Å². The lowest BCUT2D eigenvalue weighted by molar-refractivity contribution is -0.134. The molecule has 0 aliphatic carbocycles. The Kier molecular flexibility index (Phi) is 4.97. The van der Waals surface area contributed by atoms with Crippen molar-refractivity contribution in [1.82, 2.24) is 10.2 Å². The molecular formula is C13H14N2O3S2. The van der Waals surface area contributed by atoms with Crippen LogP contribution in [-0.4, -0.2) is 44.5 Å². The molecule has 1 aliphatic heterocycles. The van der Waals surface area contributed by atoms with Crippen molar-refractivity contribution in [3.05, 3.63) is 35.9 Å². The summed E-state index contributed by atoms with van der Waals surface area (Å²) in [7, 11) is 0. The van der Waals surface area contributed by atoms with E-state index in [2.05, 4.69) is 5.32 Å². The molecule has 2 rings (SSSR count). The zero-order valence-electron chi connectivity index (χ0n) is 10.6. The van der Waals surface area contributed by atoms with Crippen molar-refractivity contribution < 1.29 is 14.7 Å². The third-order valence-corrected chi connectivity index (χ3v) is 4.16. The van der Waals surface area contributed by atoms with Gasteiger partial charge in [0.25, 0.3) is 5.91 Å². The zero-order chi connectivity index (χ0) is 14.5. The van der Waals surface area contributed by atoms with Crippen LogP contribution in [0.2, 0.25) is 0 Å². The minimum Gasteiger partial charge on any atom is -0.481 e. The van der Waals surface area contributed by atoms with Gasteiger partial charge in [0, 0.05) is 5.75 Å². The van der Waals surface area contributed by atoms with Crippen LogP contribution in [0.4, 0.5) is 0 Å². The first-order valence-corrected chi connectivity index (χ1v) is 7.59. The molecule has 1 aromatic carbocycles. The number of hydrogen-bond acceptors (Lipinski definition) is 4. The fraction of sp³-hybridized carbons (Fsp3) is 0.308. The summed E-state index contributed by atoms with van der Waals surface area (Å²) in [5, 5.41) is 11.9. The average molecular weight is 310 g/mol. The second-order valence-electron chi connectivity index (χ2n) is 4.32. The van der Waals surface area contributed by atoms with Gasteiger partial charge in [-0.3, -0.25) is 14.5 Å². The number of aliphatic carboxylic acids is 1. The first-order chi connectivity index (χ1) is 9.58. The molecule has 7 heteroatoms. The Morgan fingerprint density at radius 2 is 2.10 bits per heavy atom. The quantitative estimate of drug-likeness (QED) is 0.767. The Balaban J connectivity index is 1.93. The highest BCUT2D eigenvalue weighted by molar-refractivity contribution is 8.00. The van der Waals surface area contributed by atoms with Crippen LogP contribution >= 0.6 is 24.0 Å². The van der Waals surface area contributed by atoms with Gasteiger partial charge >= 0.3 is 5.97 Å². The number of benzene rings is 1. The Bertz CT molecular complexity index is 522. The van der Waals surface area contributed by atoms with Crippen molar-refractivity contribution in [3.63, 3.8) is 0 Å². The lowest BCUT2D eigenvalue weighted by Gasteiger charge is -2.14. The number of amides is 1. The molecule has 20 heavy (non-hydrogen) atoms. The van der Waals surface area contributed by atoms with Crippen molar-refractivity contribution in [2.75, 3.05) is 11.5 Å². The number of thiocarbonyl (C=S) groups is 1. The monoisotopic (exact) mass is 310 g/mol. The van der Waals surface area contributed by atoms with Gasteiger partial charge in [-0.25, -0.2) is 0 Å². The van der Waals surface area contributed by atoms with Gasteiger partial charge in [-0.2, -0.15) is 0 Å². The maximum atomic E-state index is 12.2. The maximum absolute atomic E-state index is 12.2. The van der Waals surface area contributed by atoms with Gasteiger partial charge in [-0.1, -0.05) is 30.3 Å². The van der Waals surface area contributed by atoms with Gasteiger partial charge in [0.1, 0.15) is 6.04 Å². The molecule has 1 saturated heterocycles. The van der Waals surface area contributed by atoms with Crippen LogP contribution in [0.25, 0.3) is 0 Å². The molecule has 0 aromatic heterocycles. The molecule has 0 spiro atoms. The summed E-state index contributed by atoms with van der Waals surface area (Å²) in [6, 6.07) is 9.16. The molecule has 0 unspecified atom stereocenters. The van der Waals surface area contributed by atoms with Gasteiger partial charge in [0.2, 0.25) is 0 Å². The predicted molar refractivity (Wildman–Crippen MR) is 81.5 cm³/mol. The lowest BCUT2D eigenvalue weighted by atomic mass is 10.2. The van der Waals surface area contributed by atoms with E-state index in [0.717, 1.165) is 5.56 Å². The number of rotatable bonds is 6. The van der Waals surface area contributed by atoms with Crippen LogP contribution in [0.1, 0.15) is 5.56 Å². The normalized spacial score (nSPS) is 18.2. The van der Waals surface area contributed by atoms with Crippen molar-refractivity contribution in [3.8, 4) is 0 Å². The van der Waals surface area contributed by atoms with Gasteiger partial charge in [0.05, 0.1) is 12.3 Å². The lowest BCUT2D eigenvalue weighted by Crippen LogP contribution is -2.32. The van der Waals surface area contributed by atoms with E-state index in [0.29, 0.717) is 17.4 Å². The molecule has 0 bridgehead atoms. The first-order valence-electron chi connectivity index (χ1n) is 6.03. The minimum absolute atomic E-state index is 0.0170. The Morgan fingerprint density at radius 1 is 1.40 bits per heavy atom. The highest BCUT2D eigenvalue weighted by atomic mass is 32.2. The molecule has 5 nitrogen and oxygen atoms in total. The van der Waals surface area contributed by atoms with Crippen LogP contribution < -0.4 is 5.32 Å². The largest absolute Gasteiger partial charge is 0.481 e. The van der Waals surface area contributed by atoms with E-state index in [9.17, 15) is 9.59 Å². The SMILES string of the molecule is O=C(O)CSC[C@@H]1NC(=S)N(Cc2ccccc2)C1=O. The molecule has 1 aromatic rings. The van der Waals surface area contributed by atoms with Gasteiger partial charge < -0.3 is 10.4 Å². The average Bonchev–Trinajstić information content (AvgIpc) is 2.67. The highest BCUT2D eigenvalue weighted by Gasteiger charge is 2.35. The van der Waals surface area contributed by atoms with Crippen molar-refractivity contribution in [2.24, 2.45) is 0 Å². The minimum atomic E-state index is -0.885. The summed E-state index contributed by atoms with van der Waals surface area (Å²) in [6.45, 7) is 0.436. The van der Waals surface area contributed by atoms with Crippen molar-refractivity contribution in [2.45, 2.75) is 12.6 Å². The Morgan fingerprint density at radius 3 is 2.75 bits per heavy atom. The summed E-state index contributed by atoms with van der Waals surface area (Å²) >= 11 is 6.37. The van der Waals surface area contributed by atoms with Gasteiger partial charge in [-0.15, -0.1) is 11.8 Å². The number of carbonyl (C=O) groups is 2. The molecule has 1 amide bonds. The maximum Gasteiger partial charge on any atom is 0.313 e. The Labute approximate surface area is 126 Å². The predicted octanol–water partition coefficient (Wildman–Crippen LogP) is 1.09. The smallest absolute Gasteiger partial charge is 0.313 e. The zero-order valence-corrected chi connectivity index (χ0v) is 12.2. The molecule has 1 atom stereocenters. The second kappa shape index (κ2) is 6.71. The van der Waals surface area contributed by atoms with Crippen LogP contribution in [0, 0.1) is 0 Å². The van der Waals surface area contributed by atoms with Crippen LogP contribution in [0.3, 0.4) is 0 Å². The summed E-state index contributed by atoms with van der Waals surface area (Å²) in [6.07, 6.45) is 0. The molecule has 2 N–H and O–H groups in total. The number of nitrogens with zero attached hydrogens (tertiary/aromatic N) is 1. The summed E-state index contributed by atoms with van der Waals surface area (Å²) in [4.78, 5) is 24.2. The summed E-state index contributed by atoms with van der Waals surface area (Å²) < 4.78 is 0. The van der Waals surface area contributed by atoms with Gasteiger partial charge in [-0.05, 0) is 17.8 Å². The third-order valence-electron chi connectivity index (χ3n) is 2.80. The second-order valence-corrected chi connectivity index (χ2v) is 5.74. The van der Waals surface area contributed by atoms with E-state index in [4.69, 9.17) is 17.3 Å².